The van der Waals surface area contributed by atoms with Gasteiger partial charge in [-0.25, -0.2) is 0 Å². The zero-order valence-electron chi connectivity index (χ0n) is 16.2. The van der Waals surface area contributed by atoms with Gasteiger partial charge in [0.1, 0.15) is 5.01 Å². The molecule has 0 unspecified atom stereocenters. The number of amides is 1. The second-order valence-corrected chi connectivity index (χ2v) is 9.11. The van der Waals surface area contributed by atoms with E-state index < -0.39 is 0 Å². The van der Waals surface area contributed by atoms with Gasteiger partial charge >= 0.3 is 0 Å². The van der Waals surface area contributed by atoms with Crippen molar-refractivity contribution < 1.29 is 4.79 Å². The standard InChI is InChI=1S/C22H24N4OS2/c27-21(18-11-13-26(14-12-18)19-9-5-2-6-10-19)23-22-25-24-20(29-22)16-28-15-17-7-3-1-4-8-17/h1-10,18H,11-16H2,(H,23,25,27). The predicted octanol–water partition coefficient (Wildman–Crippen LogP) is 4.83. The number of aromatic nitrogens is 2. The minimum absolute atomic E-state index is 0.0368. The first kappa shape index (κ1) is 19.9. The van der Waals surface area contributed by atoms with Crippen molar-refractivity contribution in [2.75, 3.05) is 23.3 Å². The highest BCUT2D eigenvalue weighted by atomic mass is 32.2. The van der Waals surface area contributed by atoms with Crippen molar-refractivity contribution in [2.45, 2.75) is 24.3 Å². The second kappa shape index (κ2) is 9.89. The first-order chi connectivity index (χ1) is 14.3. The maximum absolute atomic E-state index is 12.6. The van der Waals surface area contributed by atoms with Gasteiger partial charge < -0.3 is 10.2 Å². The topological polar surface area (TPSA) is 58.1 Å². The van der Waals surface area contributed by atoms with E-state index in [1.807, 2.05) is 23.9 Å². The molecule has 1 aromatic heterocycles. The maximum Gasteiger partial charge on any atom is 0.229 e. The number of benzene rings is 2. The van der Waals surface area contributed by atoms with E-state index in [2.05, 4.69) is 68.9 Å². The molecule has 0 spiro atoms. The van der Waals surface area contributed by atoms with Gasteiger partial charge in [-0.1, -0.05) is 59.9 Å². The van der Waals surface area contributed by atoms with Gasteiger partial charge in [-0.2, -0.15) is 0 Å². The van der Waals surface area contributed by atoms with E-state index in [-0.39, 0.29) is 11.8 Å². The summed E-state index contributed by atoms with van der Waals surface area (Å²) in [6, 6.07) is 20.8. The van der Waals surface area contributed by atoms with Gasteiger partial charge in [0.05, 0.1) is 0 Å². The summed E-state index contributed by atoms with van der Waals surface area (Å²) in [5, 5.41) is 12.9. The molecule has 3 aromatic rings. The summed E-state index contributed by atoms with van der Waals surface area (Å²) < 4.78 is 0. The molecule has 1 aliphatic heterocycles. The van der Waals surface area contributed by atoms with E-state index in [1.165, 1.54) is 22.6 Å². The van der Waals surface area contributed by atoms with Crippen LogP contribution in [0.5, 0.6) is 0 Å². The van der Waals surface area contributed by atoms with Gasteiger partial charge in [-0.15, -0.1) is 22.0 Å². The summed E-state index contributed by atoms with van der Waals surface area (Å²) >= 11 is 3.28. The number of para-hydroxylation sites is 1. The fourth-order valence-corrected chi connectivity index (χ4v) is 5.23. The molecule has 150 valence electrons. The Labute approximate surface area is 179 Å². The molecule has 0 aliphatic carbocycles. The minimum Gasteiger partial charge on any atom is -0.371 e. The molecule has 0 radical (unpaired) electrons. The van der Waals surface area contributed by atoms with Crippen molar-refractivity contribution in [3.63, 3.8) is 0 Å². The fourth-order valence-electron chi connectivity index (χ4n) is 3.44. The number of nitrogens with one attached hydrogen (secondary N) is 1. The molecule has 2 heterocycles. The summed E-state index contributed by atoms with van der Waals surface area (Å²) in [5.74, 6) is 1.85. The molecule has 0 bridgehead atoms. The van der Waals surface area contributed by atoms with Gasteiger partial charge in [0, 0.05) is 36.2 Å². The van der Waals surface area contributed by atoms with Crippen LogP contribution in [0.25, 0.3) is 0 Å². The number of nitrogens with zero attached hydrogens (tertiary/aromatic N) is 3. The van der Waals surface area contributed by atoms with Crippen LogP contribution in [0.1, 0.15) is 23.4 Å². The summed E-state index contributed by atoms with van der Waals surface area (Å²) in [5.41, 5.74) is 2.53. The van der Waals surface area contributed by atoms with Crippen LogP contribution >= 0.6 is 23.1 Å². The lowest BCUT2D eigenvalue weighted by atomic mass is 9.95. The molecule has 0 atom stereocenters. The molecule has 1 N–H and O–H groups in total. The van der Waals surface area contributed by atoms with Gasteiger partial charge in [0.2, 0.25) is 11.0 Å². The Kier molecular flexibility index (Phi) is 6.79. The highest BCUT2D eigenvalue weighted by Crippen LogP contribution is 2.26. The van der Waals surface area contributed by atoms with E-state index in [1.54, 1.807) is 0 Å². The molecule has 2 aromatic carbocycles. The molecule has 1 amide bonds. The van der Waals surface area contributed by atoms with Gasteiger partial charge in [-0.3, -0.25) is 4.79 Å². The van der Waals surface area contributed by atoms with Crippen LogP contribution in [-0.2, 0) is 16.3 Å². The highest BCUT2D eigenvalue weighted by molar-refractivity contribution is 7.97. The van der Waals surface area contributed by atoms with Crippen molar-refractivity contribution in [3.05, 3.63) is 71.2 Å². The zero-order chi connectivity index (χ0) is 19.9. The van der Waals surface area contributed by atoms with E-state index in [9.17, 15) is 4.79 Å². The van der Waals surface area contributed by atoms with Crippen LogP contribution in [0.15, 0.2) is 60.7 Å². The molecule has 1 aliphatic rings. The zero-order valence-corrected chi connectivity index (χ0v) is 17.8. The Balaban J connectivity index is 1.22. The summed E-state index contributed by atoms with van der Waals surface area (Å²) in [4.78, 5) is 15.0. The third-order valence-electron chi connectivity index (χ3n) is 5.02. The lowest BCUT2D eigenvalue weighted by molar-refractivity contribution is -0.120. The average molecular weight is 425 g/mol. The maximum atomic E-state index is 12.6. The minimum atomic E-state index is 0.0368. The first-order valence-electron chi connectivity index (χ1n) is 9.83. The molecular weight excluding hydrogens is 400 g/mol. The molecule has 4 rings (SSSR count). The van der Waals surface area contributed by atoms with E-state index in [4.69, 9.17) is 0 Å². The number of thioether (sulfide) groups is 1. The van der Waals surface area contributed by atoms with Crippen LogP contribution in [0.2, 0.25) is 0 Å². The lowest BCUT2D eigenvalue weighted by Gasteiger charge is -2.32. The van der Waals surface area contributed by atoms with Gasteiger partial charge in [0.25, 0.3) is 0 Å². The first-order valence-corrected chi connectivity index (χ1v) is 11.8. The van der Waals surface area contributed by atoms with Crippen molar-refractivity contribution in [2.24, 2.45) is 5.92 Å². The Morgan fingerprint density at radius 1 is 1.00 bits per heavy atom. The van der Waals surface area contributed by atoms with Crippen LogP contribution in [0.4, 0.5) is 10.8 Å². The third-order valence-corrected chi connectivity index (χ3v) is 7.06. The molecule has 29 heavy (non-hydrogen) atoms. The van der Waals surface area contributed by atoms with Crippen molar-refractivity contribution >= 4 is 39.8 Å². The highest BCUT2D eigenvalue weighted by Gasteiger charge is 2.25. The number of rotatable bonds is 7. The van der Waals surface area contributed by atoms with E-state index >= 15 is 0 Å². The SMILES string of the molecule is O=C(Nc1nnc(CSCc2ccccc2)s1)C1CCN(c2ccccc2)CC1. The van der Waals surface area contributed by atoms with Crippen LogP contribution in [-0.4, -0.2) is 29.2 Å². The lowest BCUT2D eigenvalue weighted by Crippen LogP contribution is -2.38. The van der Waals surface area contributed by atoms with Crippen molar-refractivity contribution in [3.8, 4) is 0 Å². The van der Waals surface area contributed by atoms with Gasteiger partial charge in [0.15, 0.2) is 0 Å². The Morgan fingerprint density at radius 2 is 1.69 bits per heavy atom. The van der Waals surface area contributed by atoms with E-state index in [0.29, 0.717) is 5.13 Å². The number of hydrogen-bond donors (Lipinski definition) is 1. The summed E-state index contributed by atoms with van der Waals surface area (Å²) in [6.07, 6.45) is 1.72. The number of carbonyl (C=O) groups excluding carboxylic acids is 1. The number of hydrogen-bond acceptors (Lipinski definition) is 6. The predicted molar refractivity (Wildman–Crippen MR) is 121 cm³/mol. The van der Waals surface area contributed by atoms with Crippen molar-refractivity contribution in [1.29, 1.82) is 0 Å². The molecule has 1 fully saturated rings. The summed E-state index contributed by atoms with van der Waals surface area (Å²) in [6.45, 7) is 1.80. The quantitative estimate of drug-likeness (QED) is 0.589. The van der Waals surface area contributed by atoms with Crippen LogP contribution in [0.3, 0.4) is 0 Å². The number of piperidine rings is 1. The molecule has 5 nitrogen and oxygen atoms in total. The Morgan fingerprint density at radius 3 is 2.41 bits per heavy atom. The third kappa shape index (κ3) is 5.58. The largest absolute Gasteiger partial charge is 0.371 e. The summed E-state index contributed by atoms with van der Waals surface area (Å²) in [7, 11) is 0. The number of anilines is 2. The normalized spacial score (nSPS) is 14.7. The Hall–Kier alpha value is -2.38. The monoisotopic (exact) mass is 424 g/mol. The molecule has 1 saturated heterocycles. The average Bonchev–Trinajstić information content (AvgIpc) is 3.22. The smallest absolute Gasteiger partial charge is 0.229 e. The molecule has 0 saturated carbocycles. The van der Waals surface area contributed by atoms with Crippen LogP contribution < -0.4 is 10.2 Å². The number of carbonyl (C=O) groups is 1. The second-order valence-electron chi connectivity index (χ2n) is 7.07. The van der Waals surface area contributed by atoms with Gasteiger partial charge in [-0.05, 0) is 30.5 Å². The Bertz CT molecular complexity index is 909. The molecular formula is C22H24N4OS2. The van der Waals surface area contributed by atoms with E-state index in [0.717, 1.165) is 42.4 Å². The van der Waals surface area contributed by atoms with Crippen LogP contribution in [0, 0.1) is 5.92 Å². The fraction of sp³-hybridized carbons (Fsp3) is 0.318. The molecule has 7 heteroatoms. The van der Waals surface area contributed by atoms with Crippen molar-refractivity contribution in [1.82, 2.24) is 10.2 Å².